The smallest absolute Gasteiger partial charge is 0.337 e. The summed E-state index contributed by atoms with van der Waals surface area (Å²) < 4.78 is 16.5. The first-order valence-corrected chi connectivity index (χ1v) is 12.6. The van der Waals surface area contributed by atoms with Crippen LogP contribution in [0.4, 0.5) is 11.4 Å². The molecule has 36 heavy (non-hydrogen) atoms. The van der Waals surface area contributed by atoms with Crippen LogP contribution in [-0.4, -0.2) is 38.9 Å². The van der Waals surface area contributed by atoms with E-state index in [0.29, 0.717) is 40.2 Å². The van der Waals surface area contributed by atoms with E-state index in [1.54, 1.807) is 42.3 Å². The Labute approximate surface area is 218 Å². The summed E-state index contributed by atoms with van der Waals surface area (Å²) in [5.74, 6) is 0.312. The Morgan fingerprint density at radius 3 is 2.56 bits per heavy atom. The van der Waals surface area contributed by atoms with Gasteiger partial charge >= 0.3 is 5.97 Å². The van der Waals surface area contributed by atoms with Crippen LogP contribution in [-0.2, 0) is 23.1 Å². The number of ether oxygens (including phenoxy) is 3. The summed E-state index contributed by atoms with van der Waals surface area (Å²) in [4.78, 5) is 31.9. The van der Waals surface area contributed by atoms with E-state index >= 15 is 0 Å². The molecule has 0 spiro atoms. The molecule has 0 unspecified atom stereocenters. The molecule has 1 aliphatic heterocycles. The van der Waals surface area contributed by atoms with Crippen molar-refractivity contribution in [2.24, 2.45) is 4.99 Å². The van der Waals surface area contributed by atoms with Crippen molar-refractivity contribution < 1.29 is 23.8 Å². The van der Waals surface area contributed by atoms with E-state index in [2.05, 4.69) is 20.9 Å². The average molecular weight is 551 g/mol. The van der Waals surface area contributed by atoms with Gasteiger partial charge in [-0.3, -0.25) is 9.79 Å². The second kappa shape index (κ2) is 11.4. The van der Waals surface area contributed by atoms with Gasteiger partial charge in [-0.15, -0.1) is 0 Å². The third-order valence-electron chi connectivity index (χ3n) is 5.94. The number of hydrogen-bond acceptors (Lipinski definition) is 6. The SMILES string of the molecule is CC=Nc1cc(OCc2cc(CBr)cc(C(=O)OC)c2)c(OC)cc1C(=O)N1CCc2ccccc21. The van der Waals surface area contributed by atoms with Gasteiger partial charge < -0.3 is 19.1 Å². The molecule has 0 aromatic heterocycles. The number of rotatable bonds is 8. The second-order valence-corrected chi connectivity index (χ2v) is 8.76. The molecule has 3 aromatic carbocycles. The molecule has 0 saturated heterocycles. The molecule has 3 aromatic rings. The number of halogens is 1. The van der Waals surface area contributed by atoms with E-state index in [-0.39, 0.29) is 12.5 Å². The molecule has 0 atom stereocenters. The van der Waals surface area contributed by atoms with E-state index in [4.69, 9.17) is 14.2 Å². The number of fused-ring (bicyclic) bond motifs is 1. The third-order valence-corrected chi connectivity index (χ3v) is 6.58. The topological polar surface area (TPSA) is 77.4 Å². The zero-order valence-corrected chi connectivity index (χ0v) is 22.0. The van der Waals surface area contributed by atoms with Crippen LogP contribution in [0.15, 0.2) is 59.6 Å². The highest BCUT2D eigenvalue weighted by Gasteiger charge is 2.28. The fraction of sp³-hybridized carbons (Fsp3) is 0.250. The molecule has 0 saturated carbocycles. The molecule has 186 valence electrons. The first-order valence-electron chi connectivity index (χ1n) is 11.5. The lowest BCUT2D eigenvalue weighted by Crippen LogP contribution is -2.29. The van der Waals surface area contributed by atoms with E-state index < -0.39 is 5.97 Å². The Balaban J connectivity index is 1.65. The monoisotopic (exact) mass is 550 g/mol. The highest BCUT2D eigenvalue weighted by atomic mass is 79.9. The van der Waals surface area contributed by atoms with Crippen molar-refractivity contribution >= 4 is 45.4 Å². The number of carbonyl (C=O) groups excluding carboxylic acids is 2. The summed E-state index contributed by atoms with van der Waals surface area (Å²) >= 11 is 3.44. The van der Waals surface area contributed by atoms with Gasteiger partial charge in [-0.1, -0.05) is 40.2 Å². The number of aliphatic imine (C=N–C) groups is 1. The number of anilines is 1. The Morgan fingerprint density at radius 1 is 1.06 bits per heavy atom. The number of nitrogens with zero attached hydrogens (tertiary/aromatic N) is 2. The predicted octanol–water partition coefficient (Wildman–Crippen LogP) is 5.88. The molecule has 1 heterocycles. The Morgan fingerprint density at radius 2 is 1.83 bits per heavy atom. The Bertz CT molecular complexity index is 1320. The Hall–Kier alpha value is -3.65. The summed E-state index contributed by atoms with van der Waals surface area (Å²) in [5, 5.41) is 0.583. The lowest BCUT2D eigenvalue weighted by atomic mass is 10.1. The maximum atomic E-state index is 13.6. The summed E-state index contributed by atoms with van der Waals surface area (Å²) in [6, 6.07) is 16.8. The van der Waals surface area contributed by atoms with Crippen LogP contribution < -0.4 is 14.4 Å². The highest BCUT2D eigenvalue weighted by Crippen LogP contribution is 2.38. The molecule has 1 amide bonds. The van der Waals surface area contributed by atoms with Crippen molar-refractivity contribution in [2.45, 2.75) is 25.3 Å². The largest absolute Gasteiger partial charge is 0.493 e. The zero-order chi connectivity index (χ0) is 25.7. The van der Waals surface area contributed by atoms with Gasteiger partial charge in [0.1, 0.15) is 6.61 Å². The number of hydrogen-bond donors (Lipinski definition) is 0. The normalized spacial score (nSPS) is 12.5. The molecule has 7 nitrogen and oxygen atoms in total. The molecule has 4 rings (SSSR count). The summed E-state index contributed by atoms with van der Waals surface area (Å²) in [6.07, 6.45) is 2.45. The van der Waals surface area contributed by atoms with Crippen molar-refractivity contribution in [1.82, 2.24) is 0 Å². The van der Waals surface area contributed by atoms with Crippen molar-refractivity contribution in [3.8, 4) is 11.5 Å². The molecule has 0 fully saturated rings. The van der Waals surface area contributed by atoms with Crippen LogP contribution in [0.2, 0.25) is 0 Å². The summed E-state index contributed by atoms with van der Waals surface area (Å²) in [5.41, 5.74) is 5.16. The van der Waals surface area contributed by atoms with Gasteiger partial charge in [0.15, 0.2) is 11.5 Å². The lowest BCUT2D eigenvalue weighted by Gasteiger charge is -2.20. The van der Waals surface area contributed by atoms with Gasteiger partial charge in [-0.05, 0) is 54.3 Å². The average Bonchev–Trinajstić information content (AvgIpc) is 3.35. The van der Waals surface area contributed by atoms with Crippen LogP contribution >= 0.6 is 15.9 Å². The van der Waals surface area contributed by atoms with Crippen LogP contribution in [0.3, 0.4) is 0 Å². The molecule has 0 bridgehead atoms. The van der Waals surface area contributed by atoms with E-state index in [1.807, 2.05) is 30.3 Å². The first kappa shape index (κ1) is 25.4. The van der Waals surface area contributed by atoms with E-state index in [1.165, 1.54) is 14.2 Å². The Kier molecular flexibility index (Phi) is 8.05. The number of para-hydroxylation sites is 1. The third kappa shape index (κ3) is 5.28. The van der Waals surface area contributed by atoms with Gasteiger partial charge in [0.25, 0.3) is 5.91 Å². The van der Waals surface area contributed by atoms with Crippen molar-refractivity contribution in [1.29, 1.82) is 0 Å². The molecular weight excluding hydrogens is 524 g/mol. The standard InChI is InChI=1S/C28H27BrN2O5/c1-4-30-23-15-26(36-17-19-11-18(16-29)12-21(13-19)28(33)35-3)25(34-2)14-22(23)27(32)31-10-9-20-7-5-6-8-24(20)31/h4-8,11-15H,9-10,16-17H2,1-3H3. The molecule has 0 aliphatic carbocycles. The molecule has 1 aliphatic rings. The van der Waals surface area contributed by atoms with Gasteiger partial charge in [-0.2, -0.15) is 0 Å². The number of benzene rings is 3. The van der Waals surface area contributed by atoms with E-state index in [0.717, 1.165) is 28.8 Å². The first-order chi connectivity index (χ1) is 17.5. The van der Waals surface area contributed by atoms with Crippen LogP contribution in [0, 0.1) is 0 Å². The molecule has 0 radical (unpaired) electrons. The fourth-order valence-electron chi connectivity index (χ4n) is 4.25. The second-order valence-electron chi connectivity index (χ2n) is 8.20. The fourth-order valence-corrected chi connectivity index (χ4v) is 4.58. The van der Waals surface area contributed by atoms with Crippen molar-refractivity contribution in [3.05, 3.63) is 82.4 Å². The number of esters is 1. The van der Waals surface area contributed by atoms with Gasteiger partial charge in [0, 0.05) is 29.8 Å². The van der Waals surface area contributed by atoms with E-state index in [9.17, 15) is 9.59 Å². The summed E-state index contributed by atoms with van der Waals surface area (Å²) in [6.45, 7) is 2.59. The number of alkyl halides is 1. The highest BCUT2D eigenvalue weighted by molar-refractivity contribution is 9.08. The van der Waals surface area contributed by atoms with Gasteiger partial charge in [0.2, 0.25) is 0 Å². The lowest BCUT2D eigenvalue weighted by molar-refractivity contribution is 0.0600. The molecule has 8 heteroatoms. The minimum absolute atomic E-state index is 0.141. The van der Waals surface area contributed by atoms with Crippen molar-refractivity contribution in [2.75, 3.05) is 25.7 Å². The maximum Gasteiger partial charge on any atom is 0.337 e. The van der Waals surface area contributed by atoms with Crippen LogP contribution in [0.1, 0.15) is 44.3 Å². The van der Waals surface area contributed by atoms with Gasteiger partial charge in [-0.25, -0.2) is 4.79 Å². The molecule has 0 N–H and O–H groups in total. The predicted molar refractivity (Wildman–Crippen MR) is 143 cm³/mol. The van der Waals surface area contributed by atoms with Gasteiger partial charge in [0.05, 0.1) is 31.0 Å². The quantitative estimate of drug-likeness (QED) is 0.199. The number of methoxy groups -OCH3 is 2. The molecular formula is C28H27BrN2O5. The minimum Gasteiger partial charge on any atom is -0.493 e. The number of carbonyl (C=O) groups is 2. The zero-order valence-electron chi connectivity index (χ0n) is 20.4. The minimum atomic E-state index is -0.414. The summed E-state index contributed by atoms with van der Waals surface area (Å²) in [7, 11) is 2.88. The number of amides is 1. The van der Waals surface area contributed by atoms with Crippen LogP contribution in [0.5, 0.6) is 11.5 Å². The van der Waals surface area contributed by atoms with Crippen molar-refractivity contribution in [3.63, 3.8) is 0 Å². The van der Waals surface area contributed by atoms with Crippen LogP contribution in [0.25, 0.3) is 0 Å². The maximum absolute atomic E-state index is 13.6.